The number of phenolic OH excluding ortho intramolecular Hbond substituents is 1. The lowest BCUT2D eigenvalue weighted by Gasteiger charge is -2.24. The molecule has 1 aromatic carbocycles. The zero-order valence-electron chi connectivity index (χ0n) is 16.9. The normalized spacial score (nSPS) is 18.5. The minimum absolute atomic E-state index is 0.0365. The maximum atomic E-state index is 12.6. The van der Waals surface area contributed by atoms with Gasteiger partial charge in [-0.15, -0.1) is 10.2 Å². The van der Waals surface area contributed by atoms with Crippen LogP contribution < -0.4 is 0 Å². The molecule has 8 nitrogen and oxygen atoms in total. The third-order valence-corrected chi connectivity index (χ3v) is 5.50. The third-order valence-electron chi connectivity index (χ3n) is 5.50. The zero-order chi connectivity index (χ0) is 21.4. The van der Waals surface area contributed by atoms with Crippen molar-refractivity contribution >= 4 is 22.8 Å². The second kappa shape index (κ2) is 7.62. The van der Waals surface area contributed by atoms with Crippen molar-refractivity contribution in [2.24, 2.45) is 0 Å². The molecule has 0 saturated carbocycles. The molecule has 1 saturated heterocycles. The van der Waals surface area contributed by atoms with Gasteiger partial charge in [0.2, 0.25) is 11.8 Å². The highest BCUT2D eigenvalue weighted by Crippen LogP contribution is 2.34. The first-order valence-electron chi connectivity index (χ1n) is 9.68. The molecule has 2 amide bonds. The second-order valence-electron chi connectivity index (χ2n) is 7.65. The van der Waals surface area contributed by atoms with Crippen molar-refractivity contribution in [3.63, 3.8) is 0 Å². The molecular weight excluding hydrogens is 382 g/mol. The number of likely N-dealkylation sites (N-methyl/N-ethyl adjacent to an activating group) is 1. The van der Waals surface area contributed by atoms with Crippen molar-refractivity contribution < 1.29 is 14.7 Å². The van der Waals surface area contributed by atoms with E-state index in [4.69, 9.17) is 0 Å². The number of H-pyrrole nitrogens is 1. The largest absolute Gasteiger partial charge is 0.507 e. The van der Waals surface area contributed by atoms with Crippen LogP contribution in [0, 0.1) is 0 Å². The van der Waals surface area contributed by atoms with Gasteiger partial charge in [0, 0.05) is 43.2 Å². The smallest absolute Gasteiger partial charge is 0.246 e. The number of hydrogen-bond acceptors (Lipinski definition) is 5. The Morgan fingerprint density at radius 1 is 1.27 bits per heavy atom. The van der Waals surface area contributed by atoms with E-state index in [0.717, 1.165) is 11.1 Å². The molecule has 3 aromatic rings. The highest BCUT2D eigenvalue weighted by atomic mass is 16.3. The van der Waals surface area contributed by atoms with Crippen molar-refractivity contribution in [2.45, 2.75) is 18.4 Å². The van der Waals surface area contributed by atoms with Gasteiger partial charge in [0.15, 0.2) is 5.65 Å². The van der Waals surface area contributed by atoms with Gasteiger partial charge in [0.1, 0.15) is 11.8 Å². The molecule has 4 rings (SSSR count). The fourth-order valence-electron chi connectivity index (χ4n) is 3.95. The average Bonchev–Trinajstić information content (AvgIpc) is 3.36. The number of aromatic hydroxyl groups is 1. The molecule has 8 heteroatoms. The quantitative estimate of drug-likeness (QED) is 0.649. The van der Waals surface area contributed by atoms with Gasteiger partial charge in [-0.25, -0.2) is 0 Å². The van der Waals surface area contributed by atoms with E-state index in [0.29, 0.717) is 29.9 Å². The van der Waals surface area contributed by atoms with Crippen LogP contribution in [0.5, 0.6) is 5.75 Å². The lowest BCUT2D eigenvalue weighted by molar-refractivity contribution is -0.139. The maximum absolute atomic E-state index is 12.6. The Morgan fingerprint density at radius 3 is 2.73 bits per heavy atom. The number of aromatic nitrogens is 3. The van der Waals surface area contributed by atoms with Crippen molar-refractivity contribution in [3.05, 3.63) is 54.7 Å². The number of nitrogens with one attached hydrogen (secondary N) is 1. The van der Waals surface area contributed by atoms with E-state index in [1.807, 2.05) is 18.2 Å². The standard InChI is InChI=1S/C22H23N5O3/c1-4-20(29)27-12-14(11-18(27)22(30)26(2)3)16-9-13-10-17(24-25-21(13)23-16)15-7-5-6-8-19(15)28/h4-10,14,18,28H,1,11-12H2,2-3H3,(H,23,25). The molecular formula is C22H23N5O3. The van der Waals surface area contributed by atoms with Crippen LogP contribution >= 0.6 is 0 Å². The summed E-state index contributed by atoms with van der Waals surface area (Å²) >= 11 is 0. The van der Waals surface area contributed by atoms with Crippen LogP contribution in [0.25, 0.3) is 22.3 Å². The molecule has 0 bridgehead atoms. The first-order valence-corrected chi connectivity index (χ1v) is 9.68. The van der Waals surface area contributed by atoms with Crippen LogP contribution in [0.4, 0.5) is 0 Å². The predicted octanol–water partition coefficient (Wildman–Crippen LogP) is 2.29. The summed E-state index contributed by atoms with van der Waals surface area (Å²) in [7, 11) is 3.37. The lowest BCUT2D eigenvalue weighted by Crippen LogP contribution is -2.44. The molecule has 1 aliphatic heterocycles. The van der Waals surface area contributed by atoms with Crippen LogP contribution in [0.2, 0.25) is 0 Å². The van der Waals surface area contributed by atoms with Crippen molar-refractivity contribution in [3.8, 4) is 17.0 Å². The number of carbonyl (C=O) groups is 2. The SMILES string of the molecule is C=CC(=O)N1CC(c2cc3cc(-c4ccccc4O)nnc3[nH]2)CC1C(=O)N(C)C. The highest BCUT2D eigenvalue weighted by Gasteiger charge is 2.40. The molecule has 1 aliphatic rings. The summed E-state index contributed by atoms with van der Waals surface area (Å²) in [5.74, 6) is -0.257. The first-order chi connectivity index (χ1) is 14.4. The summed E-state index contributed by atoms with van der Waals surface area (Å²) in [5.41, 5.74) is 2.69. The van der Waals surface area contributed by atoms with Gasteiger partial charge in [0.25, 0.3) is 0 Å². The highest BCUT2D eigenvalue weighted by molar-refractivity contribution is 5.93. The maximum Gasteiger partial charge on any atom is 0.246 e. The van der Waals surface area contributed by atoms with Crippen LogP contribution in [0.15, 0.2) is 49.1 Å². The Bertz CT molecular complexity index is 1140. The van der Waals surface area contributed by atoms with Crippen LogP contribution in [-0.4, -0.2) is 68.6 Å². The first kappa shape index (κ1) is 19.6. The van der Waals surface area contributed by atoms with Crippen molar-refractivity contribution in [1.82, 2.24) is 25.0 Å². The fourth-order valence-corrected chi connectivity index (χ4v) is 3.95. The topological polar surface area (TPSA) is 102 Å². The fraction of sp³-hybridized carbons (Fsp3) is 0.273. The van der Waals surface area contributed by atoms with Gasteiger partial charge in [0.05, 0.1) is 5.69 Å². The number of amides is 2. The summed E-state index contributed by atoms with van der Waals surface area (Å²) in [6, 6.07) is 10.3. The Hall–Kier alpha value is -3.68. The van der Waals surface area contributed by atoms with Crippen molar-refractivity contribution in [2.75, 3.05) is 20.6 Å². The van der Waals surface area contributed by atoms with Crippen LogP contribution in [0.3, 0.4) is 0 Å². The molecule has 2 atom stereocenters. The van der Waals surface area contributed by atoms with E-state index in [1.54, 1.807) is 37.2 Å². The Labute approximate surface area is 173 Å². The van der Waals surface area contributed by atoms with Gasteiger partial charge in [-0.05, 0) is 36.8 Å². The van der Waals surface area contributed by atoms with Gasteiger partial charge in [-0.2, -0.15) is 0 Å². The summed E-state index contributed by atoms with van der Waals surface area (Å²) in [5, 5.41) is 19.4. The number of nitrogens with zero attached hydrogens (tertiary/aromatic N) is 4. The van der Waals surface area contributed by atoms with E-state index in [1.165, 1.54) is 11.0 Å². The van der Waals surface area contributed by atoms with Crippen molar-refractivity contribution in [1.29, 1.82) is 0 Å². The number of hydrogen-bond donors (Lipinski definition) is 2. The van der Waals surface area contributed by atoms with Gasteiger partial charge in [-0.3, -0.25) is 9.59 Å². The van der Waals surface area contributed by atoms with E-state index >= 15 is 0 Å². The minimum Gasteiger partial charge on any atom is -0.507 e. The number of fused-ring (bicyclic) bond motifs is 1. The third kappa shape index (κ3) is 3.41. The van der Waals surface area contributed by atoms with E-state index in [9.17, 15) is 14.7 Å². The number of benzene rings is 1. The summed E-state index contributed by atoms with van der Waals surface area (Å²) in [4.78, 5) is 31.3. The van der Waals surface area contributed by atoms with Crippen LogP contribution in [-0.2, 0) is 9.59 Å². The summed E-state index contributed by atoms with van der Waals surface area (Å²) in [6.45, 7) is 3.98. The number of para-hydroxylation sites is 1. The Balaban J connectivity index is 1.66. The van der Waals surface area contributed by atoms with E-state index in [-0.39, 0.29) is 23.5 Å². The monoisotopic (exact) mass is 405 g/mol. The molecule has 154 valence electrons. The lowest BCUT2D eigenvalue weighted by atomic mass is 10.0. The summed E-state index contributed by atoms with van der Waals surface area (Å²) in [6.07, 6.45) is 1.76. The molecule has 2 N–H and O–H groups in total. The molecule has 0 spiro atoms. The molecule has 30 heavy (non-hydrogen) atoms. The van der Waals surface area contributed by atoms with Crippen LogP contribution in [0.1, 0.15) is 18.0 Å². The zero-order valence-corrected chi connectivity index (χ0v) is 16.9. The molecule has 2 unspecified atom stereocenters. The number of phenols is 1. The minimum atomic E-state index is -0.523. The molecule has 2 aromatic heterocycles. The number of carbonyl (C=O) groups excluding carboxylic acids is 2. The molecule has 1 fully saturated rings. The number of rotatable bonds is 4. The molecule has 0 radical (unpaired) electrons. The molecule has 0 aliphatic carbocycles. The van der Waals surface area contributed by atoms with Gasteiger partial charge in [-0.1, -0.05) is 18.7 Å². The van der Waals surface area contributed by atoms with E-state index < -0.39 is 6.04 Å². The molecule has 3 heterocycles. The van der Waals surface area contributed by atoms with Gasteiger partial charge >= 0.3 is 0 Å². The Morgan fingerprint density at radius 2 is 2.03 bits per heavy atom. The van der Waals surface area contributed by atoms with E-state index in [2.05, 4.69) is 21.8 Å². The van der Waals surface area contributed by atoms with Gasteiger partial charge < -0.3 is 19.9 Å². The predicted molar refractivity (Wildman–Crippen MR) is 113 cm³/mol. The Kier molecular flexibility index (Phi) is 4.99. The number of aromatic amines is 1. The second-order valence-corrected chi connectivity index (χ2v) is 7.65. The summed E-state index contributed by atoms with van der Waals surface area (Å²) < 4.78 is 0. The number of likely N-dealkylation sites (tertiary alicyclic amines) is 1. The average molecular weight is 405 g/mol.